The highest BCUT2D eigenvalue weighted by atomic mass is 19.1. The summed E-state index contributed by atoms with van der Waals surface area (Å²) in [6.07, 6.45) is 0. The van der Waals surface area contributed by atoms with Crippen LogP contribution in [0, 0.1) is 19.7 Å². The lowest BCUT2D eigenvalue weighted by atomic mass is 10.0. The number of furan rings is 1. The van der Waals surface area contributed by atoms with Crippen molar-refractivity contribution in [1.29, 1.82) is 0 Å². The van der Waals surface area contributed by atoms with E-state index >= 15 is 0 Å². The van der Waals surface area contributed by atoms with E-state index in [0.29, 0.717) is 22.8 Å². The Kier molecular flexibility index (Phi) is 2.71. The van der Waals surface area contributed by atoms with Crippen molar-refractivity contribution in [3.05, 3.63) is 52.7 Å². The molecule has 4 heteroatoms. The number of carbonyl (C=O) groups excluding carboxylic acids is 1. The van der Waals surface area contributed by atoms with E-state index in [4.69, 9.17) is 10.2 Å². The lowest BCUT2D eigenvalue weighted by molar-refractivity contribution is 0.103. The van der Waals surface area contributed by atoms with E-state index in [1.807, 2.05) is 0 Å². The summed E-state index contributed by atoms with van der Waals surface area (Å²) >= 11 is 0. The van der Waals surface area contributed by atoms with Crippen LogP contribution in [0.5, 0.6) is 0 Å². The fourth-order valence-corrected chi connectivity index (χ4v) is 1.72. The molecule has 2 aromatic rings. The van der Waals surface area contributed by atoms with Gasteiger partial charge in [-0.15, -0.1) is 0 Å². The van der Waals surface area contributed by atoms with E-state index in [1.165, 1.54) is 18.2 Å². The first-order chi connectivity index (χ1) is 7.99. The molecule has 0 atom stereocenters. The molecule has 0 radical (unpaired) electrons. The number of nitrogens with two attached hydrogens (primary N) is 1. The molecule has 1 aromatic carbocycles. The van der Waals surface area contributed by atoms with Crippen LogP contribution >= 0.6 is 0 Å². The molecule has 17 heavy (non-hydrogen) atoms. The largest absolute Gasteiger partial charge is 0.466 e. The Bertz CT molecular complexity index is 587. The van der Waals surface area contributed by atoms with Crippen LogP contribution in [-0.4, -0.2) is 5.78 Å². The molecule has 0 unspecified atom stereocenters. The second kappa shape index (κ2) is 4.05. The van der Waals surface area contributed by atoms with Gasteiger partial charge in [0.25, 0.3) is 0 Å². The van der Waals surface area contributed by atoms with Gasteiger partial charge in [0.1, 0.15) is 17.3 Å². The summed E-state index contributed by atoms with van der Waals surface area (Å²) < 4.78 is 18.8. The van der Waals surface area contributed by atoms with Gasteiger partial charge in [0.2, 0.25) is 0 Å². The minimum absolute atomic E-state index is 0.0334. The van der Waals surface area contributed by atoms with E-state index in [0.717, 1.165) is 0 Å². The third-order valence-corrected chi connectivity index (χ3v) is 2.52. The van der Waals surface area contributed by atoms with Gasteiger partial charge in [-0.25, -0.2) is 4.39 Å². The minimum atomic E-state index is -0.581. The zero-order valence-electron chi connectivity index (χ0n) is 9.58. The van der Waals surface area contributed by atoms with Crippen molar-refractivity contribution in [1.82, 2.24) is 0 Å². The lowest BCUT2D eigenvalue weighted by Crippen LogP contribution is -2.05. The van der Waals surface area contributed by atoms with Gasteiger partial charge in [0.05, 0.1) is 11.1 Å². The number of hydrogen-bond donors (Lipinski definition) is 1. The van der Waals surface area contributed by atoms with Crippen LogP contribution in [0.1, 0.15) is 27.4 Å². The van der Waals surface area contributed by atoms with Crippen molar-refractivity contribution in [3.63, 3.8) is 0 Å². The first-order valence-electron chi connectivity index (χ1n) is 5.16. The maximum Gasteiger partial charge on any atom is 0.199 e. The molecule has 3 nitrogen and oxygen atoms in total. The molecule has 2 N–H and O–H groups in total. The van der Waals surface area contributed by atoms with Crippen LogP contribution < -0.4 is 5.73 Å². The number of halogens is 1. The van der Waals surface area contributed by atoms with Gasteiger partial charge in [-0.05, 0) is 38.1 Å². The summed E-state index contributed by atoms with van der Waals surface area (Å²) in [7, 11) is 0. The summed E-state index contributed by atoms with van der Waals surface area (Å²) in [6, 6.07) is 5.53. The highest BCUT2D eigenvalue weighted by Gasteiger charge is 2.18. The molecule has 0 aliphatic heterocycles. The number of hydrogen-bond acceptors (Lipinski definition) is 3. The van der Waals surface area contributed by atoms with Crippen molar-refractivity contribution in [3.8, 4) is 0 Å². The van der Waals surface area contributed by atoms with Gasteiger partial charge in [-0.2, -0.15) is 0 Å². The quantitative estimate of drug-likeness (QED) is 0.641. The average molecular weight is 233 g/mol. The van der Waals surface area contributed by atoms with Crippen LogP contribution in [0.2, 0.25) is 0 Å². The predicted molar refractivity (Wildman–Crippen MR) is 62.4 cm³/mol. The Hall–Kier alpha value is -2.10. The molecule has 0 aliphatic carbocycles. The number of carbonyl (C=O) groups is 1. The molecule has 2 rings (SSSR count). The zero-order valence-corrected chi connectivity index (χ0v) is 9.58. The Morgan fingerprint density at radius 1 is 1.24 bits per heavy atom. The van der Waals surface area contributed by atoms with Gasteiger partial charge in [0.15, 0.2) is 5.78 Å². The smallest absolute Gasteiger partial charge is 0.199 e. The predicted octanol–water partition coefficient (Wildman–Crippen LogP) is 2.85. The van der Waals surface area contributed by atoms with Gasteiger partial charge in [-0.1, -0.05) is 0 Å². The lowest BCUT2D eigenvalue weighted by Gasteiger charge is -2.02. The van der Waals surface area contributed by atoms with Crippen molar-refractivity contribution >= 4 is 11.5 Å². The van der Waals surface area contributed by atoms with Crippen molar-refractivity contribution in [2.45, 2.75) is 13.8 Å². The minimum Gasteiger partial charge on any atom is -0.466 e. The average Bonchev–Trinajstić information content (AvgIpc) is 2.60. The second-order valence-electron chi connectivity index (χ2n) is 3.90. The Labute approximate surface area is 98.0 Å². The maximum atomic E-state index is 13.5. The monoisotopic (exact) mass is 233 g/mol. The molecule has 88 valence electrons. The van der Waals surface area contributed by atoms with E-state index < -0.39 is 11.6 Å². The Morgan fingerprint density at radius 2 is 1.94 bits per heavy atom. The molecule has 0 saturated heterocycles. The maximum absolute atomic E-state index is 13.5. The first kappa shape index (κ1) is 11.4. The van der Waals surface area contributed by atoms with E-state index in [2.05, 4.69) is 0 Å². The summed E-state index contributed by atoms with van der Waals surface area (Å²) in [5.74, 6) is 0.107. The Balaban J connectivity index is 2.50. The van der Waals surface area contributed by atoms with Crippen LogP contribution in [0.15, 0.2) is 28.7 Å². The zero-order chi connectivity index (χ0) is 12.6. The number of aryl methyl sites for hydroxylation is 2. The topological polar surface area (TPSA) is 56.2 Å². The summed E-state index contributed by atoms with van der Waals surface area (Å²) in [5, 5.41) is 0. The molecule has 0 fully saturated rings. The number of benzene rings is 1. The number of rotatable bonds is 2. The number of anilines is 1. The second-order valence-corrected chi connectivity index (χ2v) is 3.90. The fraction of sp³-hybridized carbons (Fsp3) is 0.154. The van der Waals surface area contributed by atoms with Crippen molar-refractivity contribution < 1.29 is 13.6 Å². The van der Waals surface area contributed by atoms with Crippen molar-refractivity contribution in [2.24, 2.45) is 0 Å². The van der Waals surface area contributed by atoms with Gasteiger partial charge in [-0.3, -0.25) is 4.79 Å². The van der Waals surface area contributed by atoms with Gasteiger partial charge < -0.3 is 10.2 Å². The summed E-state index contributed by atoms with van der Waals surface area (Å²) in [5.41, 5.74) is 6.23. The van der Waals surface area contributed by atoms with Gasteiger partial charge in [0, 0.05) is 5.69 Å². The number of nitrogen functional groups attached to an aromatic ring is 1. The highest BCUT2D eigenvalue weighted by molar-refractivity contribution is 6.10. The fourth-order valence-electron chi connectivity index (χ4n) is 1.72. The molecule has 0 saturated carbocycles. The molecular weight excluding hydrogens is 221 g/mol. The van der Waals surface area contributed by atoms with E-state index in [1.54, 1.807) is 19.9 Å². The third kappa shape index (κ3) is 2.06. The highest BCUT2D eigenvalue weighted by Crippen LogP contribution is 2.21. The van der Waals surface area contributed by atoms with Crippen LogP contribution in [-0.2, 0) is 0 Å². The van der Waals surface area contributed by atoms with Gasteiger partial charge >= 0.3 is 0 Å². The number of ketones is 1. The molecule has 0 bridgehead atoms. The molecule has 0 aliphatic rings. The molecular formula is C13H12FNO2. The summed E-state index contributed by atoms with van der Waals surface area (Å²) in [6.45, 7) is 3.41. The molecule has 1 heterocycles. The molecule has 0 spiro atoms. The standard InChI is InChI=1S/C13H12FNO2/c1-7-5-10(8(2)17-7)13(16)11-6-9(15)3-4-12(11)14/h3-6H,15H2,1-2H3. The van der Waals surface area contributed by atoms with E-state index in [-0.39, 0.29) is 5.56 Å². The third-order valence-electron chi connectivity index (χ3n) is 2.52. The van der Waals surface area contributed by atoms with Crippen LogP contribution in [0.4, 0.5) is 10.1 Å². The SMILES string of the molecule is Cc1cc(C(=O)c2cc(N)ccc2F)c(C)o1. The van der Waals surface area contributed by atoms with Crippen LogP contribution in [0.25, 0.3) is 0 Å². The Morgan fingerprint density at radius 3 is 2.53 bits per heavy atom. The van der Waals surface area contributed by atoms with Crippen LogP contribution in [0.3, 0.4) is 0 Å². The van der Waals surface area contributed by atoms with E-state index in [9.17, 15) is 9.18 Å². The molecule has 0 amide bonds. The normalized spacial score (nSPS) is 10.5. The first-order valence-corrected chi connectivity index (χ1v) is 5.16. The summed E-state index contributed by atoms with van der Waals surface area (Å²) in [4.78, 5) is 12.1. The van der Waals surface area contributed by atoms with Crippen molar-refractivity contribution in [2.75, 3.05) is 5.73 Å². The molecule has 1 aromatic heterocycles.